The van der Waals surface area contributed by atoms with E-state index in [2.05, 4.69) is 10.3 Å². The van der Waals surface area contributed by atoms with Gasteiger partial charge < -0.3 is 15.2 Å². The highest BCUT2D eigenvalue weighted by Gasteiger charge is 2.15. The Morgan fingerprint density at radius 2 is 2.38 bits per heavy atom. The molecule has 1 atom stereocenters. The van der Waals surface area contributed by atoms with E-state index in [-0.39, 0.29) is 12.0 Å². The smallest absolute Gasteiger partial charge is 0.328 e. The Balaban J connectivity index is 1.75. The van der Waals surface area contributed by atoms with E-state index >= 15 is 0 Å². The Labute approximate surface area is 126 Å². The number of carbonyl (C=O) groups is 2. The summed E-state index contributed by atoms with van der Waals surface area (Å²) in [4.78, 5) is 27.0. The molecule has 7 heteroatoms. The number of nitrogens with one attached hydrogen (secondary N) is 1. The fourth-order valence-electron chi connectivity index (χ4n) is 2.08. The number of nitrogens with zero attached hydrogens (tertiary/aromatic N) is 1. The van der Waals surface area contributed by atoms with Crippen LogP contribution in [0.5, 0.6) is 0 Å². The summed E-state index contributed by atoms with van der Waals surface area (Å²) in [6.07, 6.45) is 8.64. The molecule has 1 amide bonds. The van der Waals surface area contributed by atoms with Gasteiger partial charge in [0.15, 0.2) is 5.13 Å². The molecule has 1 aromatic rings. The minimum absolute atomic E-state index is 0.0905. The fraction of sp³-hybridized carbons (Fsp3) is 0.500. The highest BCUT2D eigenvalue weighted by atomic mass is 32.1. The van der Waals surface area contributed by atoms with Gasteiger partial charge in [0.1, 0.15) is 0 Å². The van der Waals surface area contributed by atoms with Gasteiger partial charge in [0.25, 0.3) is 0 Å². The van der Waals surface area contributed by atoms with Crippen molar-refractivity contribution in [2.24, 2.45) is 0 Å². The predicted molar refractivity (Wildman–Crippen MR) is 80.2 cm³/mol. The van der Waals surface area contributed by atoms with Crippen LogP contribution < -0.4 is 5.32 Å². The third-order valence-electron chi connectivity index (χ3n) is 3.13. The van der Waals surface area contributed by atoms with Crippen LogP contribution in [0.15, 0.2) is 12.3 Å². The Morgan fingerprint density at radius 1 is 1.52 bits per heavy atom. The lowest BCUT2D eigenvalue weighted by Gasteiger charge is -2.21. The second kappa shape index (κ2) is 7.90. The van der Waals surface area contributed by atoms with Gasteiger partial charge in [-0.15, -0.1) is 0 Å². The molecule has 6 nitrogen and oxygen atoms in total. The third-order valence-corrected chi connectivity index (χ3v) is 4.01. The van der Waals surface area contributed by atoms with Gasteiger partial charge in [0.05, 0.1) is 6.10 Å². The van der Waals surface area contributed by atoms with Gasteiger partial charge in [0, 0.05) is 30.2 Å². The van der Waals surface area contributed by atoms with Crippen LogP contribution >= 0.6 is 11.3 Å². The molecule has 1 unspecified atom stereocenters. The van der Waals surface area contributed by atoms with Crippen molar-refractivity contribution in [3.63, 3.8) is 0 Å². The van der Waals surface area contributed by atoms with Crippen molar-refractivity contribution in [3.05, 3.63) is 17.2 Å². The van der Waals surface area contributed by atoms with E-state index in [4.69, 9.17) is 9.84 Å². The molecule has 0 aromatic carbocycles. The Hall–Kier alpha value is -1.73. The first-order valence-electron chi connectivity index (χ1n) is 6.92. The Bertz CT molecular complexity index is 521. The highest BCUT2D eigenvalue weighted by Crippen LogP contribution is 2.21. The van der Waals surface area contributed by atoms with E-state index in [1.807, 2.05) is 0 Å². The zero-order chi connectivity index (χ0) is 15.1. The number of ether oxygens (including phenoxy) is 1. The summed E-state index contributed by atoms with van der Waals surface area (Å²) in [5.74, 6) is -1.10. The molecule has 1 aromatic heterocycles. The number of hydrogen-bond donors (Lipinski definition) is 2. The normalized spacial score (nSPS) is 18.8. The fourth-order valence-corrected chi connectivity index (χ4v) is 2.82. The summed E-state index contributed by atoms with van der Waals surface area (Å²) in [5.41, 5.74) is 0. The lowest BCUT2D eigenvalue weighted by atomic mass is 10.0. The van der Waals surface area contributed by atoms with Crippen molar-refractivity contribution >= 4 is 34.4 Å². The summed E-state index contributed by atoms with van der Waals surface area (Å²) in [7, 11) is 0. The first-order valence-corrected chi connectivity index (χ1v) is 7.73. The van der Waals surface area contributed by atoms with Crippen LogP contribution in [0.1, 0.15) is 37.0 Å². The van der Waals surface area contributed by atoms with Crippen molar-refractivity contribution in [1.29, 1.82) is 0 Å². The van der Waals surface area contributed by atoms with Crippen LogP contribution in [0.3, 0.4) is 0 Å². The summed E-state index contributed by atoms with van der Waals surface area (Å²) in [6.45, 7) is 0.790. The van der Waals surface area contributed by atoms with E-state index in [1.165, 1.54) is 23.6 Å². The van der Waals surface area contributed by atoms with Gasteiger partial charge in [-0.05, 0) is 31.8 Å². The number of aliphatic carboxylic acids is 1. The molecule has 21 heavy (non-hydrogen) atoms. The minimum atomic E-state index is -1.01. The number of carbonyl (C=O) groups excluding carboxylic acids is 1. The lowest BCUT2D eigenvalue weighted by molar-refractivity contribution is -0.131. The van der Waals surface area contributed by atoms with Crippen molar-refractivity contribution in [1.82, 2.24) is 4.98 Å². The van der Waals surface area contributed by atoms with Gasteiger partial charge in [-0.25, -0.2) is 9.78 Å². The monoisotopic (exact) mass is 310 g/mol. The molecular formula is C14H18N2O4S. The zero-order valence-electron chi connectivity index (χ0n) is 11.6. The quantitative estimate of drug-likeness (QED) is 0.788. The van der Waals surface area contributed by atoms with Crippen LogP contribution in [-0.2, 0) is 14.3 Å². The van der Waals surface area contributed by atoms with Crippen molar-refractivity contribution < 1.29 is 19.4 Å². The molecule has 2 rings (SSSR count). The van der Waals surface area contributed by atoms with E-state index < -0.39 is 5.97 Å². The van der Waals surface area contributed by atoms with Gasteiger partial charge >= 0.3 is 5.97 Å². The minimum Gasteiger partial charge on any atom is -0.478 e. The number of amides is 1. The number of rotatable bonds is 6. The molecule has 2 N–H and O–H groups in total. The van der Waals surface area contributed by atoms with Crippen LogP contribution in [0.2, 0.25) is 0 Å². The zero-order valence-corrected chi connectivity index (χ0v) is 12.4. The number of aromatic nitrogens is 1. The molecule has 0 bridgehead atoms. The van der Waals surface area contributed by atoms with Crippen molar-refractivity contribution in [2.45, 2.75) is 38.2 Å². The van der Waals surface area contributed by atoms with Crippen LogP contribution in [-0.4, -0.2) is 34.7 Å². The van der Waals surface area contributed by atoms with Crippen LogP contribution in [0.4, 0.5) is 5.13 Å². The molecule has 2 heterocycles. The number of carboxylic acids is 1. The molecule has 0 saturated carbocycles. The summed E-state index contributed by atoms with van der Waals surface area (Å²) in [5, 5.41) is 11.7. The summed E-state index contributed by atoms with van der Waals surface area (Å²) >= 11 is 1.24. The van der Waals surface area contributed by atoms with Crippen molar-refractivity contribution in [3.8, 4) is 0 Å². The molecule has 0 radical (unpaired) electrons. The topological polar surface area (TPSA) is 88.5 Å². The maximum atomic E-state index is 11.8. The van der Waals surface area contributed by atoms with Gasteiger partial charge in [0.2, 0.25) is 5.91 Å². The molecular weight excluding hydrogens is 292 g/mol. The number of thiazole rings is 1. The number of carboxylic acid groups (broad SMARTS) is 1. The third kappa shape index (κ3) is 5.65. The van der Waals surface area contributed by atoms with Crippen LogP contribution in [0, 0.1) is 0 Å². The van der Waals surface area contributed by atoms with Gasteiger partial charge in [-0.1, -0.05) is 11.3 Å². The summed E-state index contributed by atoms with van der Waals surface area (Å²) < 4.78 is 5.58. The first-order chi connectivity index (χ1) is 10.1. The molecule has 114 valence electrons. The average Bonchev–Trinajstić information content (AvgIpc) is 2.91. The van der Waals surface area contributed by atoms with E-state index in [9.17, 15) is 9.59 Å². The molecule has 1 aliphatic rings. The highest BCUT2D eigenvalue weighted by molar-refractivity contribution is 7.16. The lowest BCUT2D eigenvalue weighted by Crippen LogP contribution is -2.21. The Kier molecular flexibility index (Phi) is 5.89. The molecule has 0 aliphatic carbocycles. The Morgan fingerprint density at radius 3 is 3.10 bits per heavy atom. The molecule has 1 saturated heterocycles. The van der Waals surface area contributed by atoms with Gasteiger partial charge in [-0.2, -0.15) is 0 Å². The maximum Gasteiger partial charge on any atom is 0.328 e. The largest absolute Gasteiger partial charge is 0.478 e. The van der Waals surface area contributed by atoms with E-state index in [0.29, 0.717) is 16.4 Å². The van der Waals surface area contributed by atoms with Gasteiger partial charge in [-0.3, -0.25) is 4.79 Å². The second-order valence-electron chi connectivity index (χ2n) is 4.81. The average molecular weight is 310 g/mol. The SMILES string of the molecule is O=C(O)C=Cc1cnc(NC(=O)CCC2CCCCO2)s1. The maximum absolute atomic E-state index is 11.8. The molecule has 1 fully saturated rings. The van der Waals surface area contributed by atoms with Crippen molar-refractivity contribution in [2.75, 3.05) is 11.9 Å². The molecule has 0 spiro atoms. The second-order valence-corrected chi connectivity index (χ2v) is 5.88. The number of anilines is 1. The summed E-state index contributed by atoms with van der Waals surface area (Å²) in [6, 6.07) is 0. The predicted octanol–water partition coefficient (Wildman–Crippen LogP) is 2.53. The first kappa shape index (κ1) is 15.7. The van der Waals surface area contributed by atoms with E-state index in [0.717, 1.165) is 38.4 Å². The van der Waals surface area contributed by atoms with Crippen LogP contribution in [0.25, 0.3) is 6.08 Å². The van der Waals surface area contributed by atoms with E-state index in [1.54, 1.807) is 0 Å². The standard InChI is InChI=1S/C14H18N2O4S/c17-12(6-4-10-3-1-2-8-20-10)16-14-15-9-11(21-14)5-7-13(18)19/h5,7,9-10H,1-4,6,8H2,(H,18,19)(H,15,16,17). The molecule has 1 aliphatic heterocycles. The number of hydrogen-bond acceptors (Lipinski definition) is 5.